The topological polar surface area (TPSA) is 107 Å². The van der Waals surface area contributed by atoms with E-state index in [1.807, 2.05) is 0 Å². The number of hydrogen-bond donors (Lipinski definition) is 3. The standard InChI is InChI=1S/C10H11N5O3/c16-7(6-3-11-12-4-6)15-2-1-10(5-15)8(17)13-9(18)14-10/h3-4H,1-2,5H2,(H,11,12)(H2,13,14,17,18). The lowest BCUT2D eigenvalue weighted by Crippen LogP contribution is -2.49. The molecule has 3 heterocycles. The number of imide groups is 1. The molecule has 3 N–H and O–H groups in total. The van der Waals surface area contributed by atoms with Crippen molar-refractivity contribution in [3.63, 3.8) is 0 Å². The molecule has 2 aliphatic heterocycles. The third kappa shape index (κ3) is 1.45. The maximum atomic E-state index is 12.1. The van der Waals surface area contributed by atoms with Crippen LogP contribution in [0.1, 0.15) is 16.8 Å². The summed E-state index contributed by atoms with van der Waals surface area (Å²) in [5, 5.41) is 11.1. The van der Waals surface area contributed by atoms with Crippen molar-refractivity contribution in [1.82, 2.24) is 25.7 Å². The second-order valence-corrected chi connectivity index (χ2v) is 4.45. The molecule has 2 aliphatic rings. The van der Waals surface area contributed by atoms with Crippen LogP contribution in [0.15, 0.2) is 12.4 Å². The van der Waals surface area contributed by atoms with Crippen LogP contribution in [0.2, 0.25) is 0 Å². The molecule has 2 fully saturated rings. The summed E-state index contributed by atoms with van der Waals surface area (Å²) in [4.78, 5) is 36.5. The average Bonchev–Trinajstić information content (AvgIpc) is 3.01. The van der Waals surface area contributed by atoms with Crippen molar-refractivity contribution in [3.05, 3.63) is 18.0 Å². The number of nitrogens with one attached hydrogen (secondary N) is 3. The molecule has 8 heteroatoms. The molecule has 4 amide bonds. The molecule has 3 rings (SSSR count). The number of urea groups is 1. The Morgan fingerprint density at radius 2 is 2.28 bits per heavy atom. The number of carbonyl (C=O) groups is 3. The minimum atomic E-state index is -0.962. The van der Waals surface area contributed by atoms with Gasteiger partial charge < -0.3 is 10.2 Å². The lowest BCUT2D eigenvalue weighted by atomic mass is 9.99. The fourth-order valence-corrected chi connectivity index (χ4v) is 2.35. The molecule has 94 valence electrons. The number of carbonyl (C=O) groups excluding carboxylic acids is 3. The fraction of sp³-hybridized carbons (Fsp3) is 0.400. The number of aromatic amines is 1. The quantitative estimate of drug-likeness (QED) is 0.545. The molecule has 8 nitrogen and oxygen atoms in total. The highest BCUT2D eigenvalue weighted by Crippen LogP contribution is 2.25. The van der Waals surface area contributed by atoms with Gasteiger partial charge in [-0.2, -0.15) is 5.10 Å². The zero-order chi connectivity index (χ0) is 12.8. The SMILES string of the molecule is O=C1NC(=O)C2(CCN(C(=O)c3cn[nH]c3)C2)N1. The van der Waals surface area contributed by atoms with Crippen molar-refractivity contribution in [1.29, 1.82) is 0 Å². The lowest BCUT2D eigenvalue weighted by Gasteiger charge is -2.20. The number of rotatable bonds is 1. The van der Waals surface area contributed by atoms with Gasteiger partial charge in [-0.05, 0) is 6.42 Å². The van der Waals surface area contributed by atoms with E-state index in [0.717, 1.165) is 0 Å². The molecule has 1 unspecified atom stereocenters. The van der Waals surface area contributed by atoms with Crippen LogP contribution in [0.25, 0.3) is 0 Å². The molecule has 2 saturated heterocycles. The van der Waals surface area contributed by atoms with Crippen LogP contribution in [0.4, 0.5) is 4.79 Å². The number of hydrogen-bond acceptors (Lipinski definition) is 4. The van der Waals surface area contributed by atoms with E-state index in [1.54, 1.807) is 0 Å². The van der Waals surface area contributed by atoms with Gasteiger partial charge in [-0.15, -0.1) is 0 Å². The first-order valence-electron chi connectivity index (χ1n) is 5.52. The van der Waals surface area contributed by atoms with Crippen LogP contribution in [0, 0.1) is 0 Å². The Morgan fingerprint density at radius 1 is 1.44 bits per heavy atom. The van der Waals surface area contributed by atoms with Crippen LogP contribution in [-0.2, 0) is 4.79 Å². The smallest absolute Gasteiger partial charge is 0.322 e. The number of likely N-dealkylation sites (tertiary alicyclic amines) is 1. The van der Waals surface area contributed by atoms with Crippen LogP contribution in [0.5, 0.6) is 0 Å². The zero-order valence-electron chi connectivity index (χ0n) is 9.40. The van der Waals surface area contributed by atoms with Gasteiger partial charge in [0, 0.05) is 12.7 Å². The molecule has 0 aliphatic carbocycles. The number of H-pyrrole nitrogens is 1. The predicted molar refractivity (Wildman–Crippen MR) is 58.5 cm³/mol. The molecule has 0 saturated carbocycles. The van der Waals surface area contributed by atoms with Gasteiger partial charge in [0.05, 0.1) is 18.3 Å². The second-order valence-electron chi connectivity index (χ2n) is 4.45. The van der Waals surface area contributed by atoms with E-state index >= 15 is 0 Å². The van der Waals surface area contributed by atoms with Gasteiger partial charge in [-0.1, -0.05) is 0 Å². The molecule has 0 aromatic carbocycles. The first kappa shape index (κ1) is 10.8. The summed E-state index contributed by atoms with van der Waals surface area (Å²) < 4.78 is 0. The third-order valence-electron chi connectivity index (χ3n) is 3.32. The summed E-state index contributed by atoms with van der Waals surface area (Å²) >= 11 is 0. The van der Waals surface area contributed by atoms with E-state index in [2.05, 4.69) is 20.8 Å². The summed E-state index contributed by atoms with van der Waals surface area (Å²) in [5.74, 6) is -0.565. The molecule has 1 spiro atoms. The van der Waals surface area contributed by atoms with E-state index in [1.165, 1.54) is 17.3 Å². The molecule has 18 heavy (non-hydrogen) atoms. The van der Waals surface area contributed by atoms with Gasteiger partial charge in [0.1, 0.15) is 5.54 Å². The van der Waals surface area contributed by atoms with Gasteiger partial charge in [-0.3, -0.25) is 20.0 Å². The van der Waals surface area contributed by atoms with Crippen molar-refractivity contribution in [2.45, 2.75) is 12.0 Å². The van der Waals surface area contributed by atoms with Gasteiger partial charge in [0.25, 0.3) is 11.8 Å². The molecule has 1 atom stereocenters. The van der Waals surface area contributed by atoms with Crippen molar-refractivity contribution in [2.24, 2.45) is 0 Å². The highest BCUT2D eigenvalue weighted by molar-refractivity contribution is 6.08. The minimum Gasteiger partial charge on any atom is -0.336 e. The predicted octanol–water partition coefficient (Wildman–Crippen LogP) is -1.17. The Labute approximate surface area is 102 Å². The highest BCUT2D eigenvalue weighted by Gasteiger charge is 2.51. The average molecular weight is 249 g/mol. The van der Waals surface area contributed by atoms with Gasteiger partial charge >= 0.3 is 6.03 Å². The summed E-state index contributed by atoms with van der Waals surface area (Å²) in [6, 6.07) is -0.502. The van der Waals surface area contributed by atoms with Crippen LogP contribution < -0.4 is 10.6 Å². The Morgan fingerprint density at radius 3 is 2.89 bits per heavy atom. The van der Waals surface area contributed by atoms with Crippen molar-refractivity contribution in [2.75, 3.05) is 13.1 Å². The summed E-state index contributed by atoms with van der Waals surface area (Å²) in [6.45, 7) is 0.617. The zero-order valence-corrected chi connectivity index (χ0v) is 9.40. The molecule has 1 aromatic rings. The third-order valence-corrected chi connectivity index (χ3v) is 3.32. The Bertz CT molecular complexity index is 526. The maximum absolute atomic E-state index is 12.1. The van der Waals surface area contributed by atoms with E-state index in [9.17, 15) is 14.4 Å². The van der Waals surface area contributed by atoms with E-state index in [0.29, 0.717) is 18.5 Å². The first-order chi connectivity index (χ1) is 8.61. The highest BCUT2D eigenvalue weighted by atomic mass is 16.2. The van der Waals surface area contributed by atoms with Crippen LogP contribution in [0.3, 0.4) is 0 Å². The van der Waals surface area contributed by atoms with E-state index < -0.39 is 11.6 Å². The fourth-order valence-electron chi connectivity index (χ4n) is 2.35. The van der Waals surface area contributed by atoms with Crippen LogP contribution in [-0.4, -0.2) is 51.6 Å². The largest absolute Gasteiger partial charge is 0.336 e. The van der Waals surface area contributed by atoms with Crippen molar-refractivity contribution in [3.8, 4) is 0 Å². The molecule has 0 radical (unpaired) electrons. The monoisotopic (exact) mass is 249 g/mol. The van der Waals surface area contributed by atoms with Gasteiger partial charge in [-0.25, -0.2) is 4.79 Å². The molecule has 0 bridgehead atoms. The van der Waals surface area contributed by atoms with Crippen LogP contribution >= 0.6 is 0 Å². The maximum Gasteiger partial charge on any atom is 0.322 e. The summed E-state index contributed by atoms with van der Waals surface area (Å²) in [6.07, 6.45) is 3.36. The van der Waals surface area contributed by atoms with E-state index in [4.69, 9.17) is 0 Å². The molecular weight excluding hydrogens is 238 g/mol. The Kier molecular flexibility index (Phi) is 2.12. The summed E-state index contributed by atoms with van der Waals surface area (Å²) in [7, 11) is 0. The second kappa shape index (κ2) is 3.56. The number of nitrogens with zero attached hydrogens (tertiary/aromatic N) is 2. The Hall–Kier alpha value is -2.38. The molecular formula is C10H11N5O3. The van der Waals surface area contributed by atoms with Crippen molar-refractivity contribution < 1.29 is 14.4 Å². The van der Waals surface area contributed by atoms with Gasteiger partial charge in [0.2, 0.25) is 0 Å². The summed E-state index contributed by atoms with van der Waals surface area (Å²) in [5.41, 5.74) is -0.520. The normalized spacial score (nSPS) is 26.6. The van der Waals surface area contributed by atoms with Gasteiger partial charge in [0.15, 0.2) is 0 Å². The van der Waals surface area contributed by atoms with Crippen molar-refractivity contribution >= 4 is 17.8 Å². The lowest BCUT2D eigenvalue weighted by molar-refractivity contribution is -0.123. The van der Waals surface area contributed by atoms with E-state index in [-0.39, 0.29) is 18.4 Å². The number of aromatic nitrogens is 2. The minimum absolute atomic E-state index is 0.189. The first-order valence-corrected chi connectivity index (χ1v) is 5.52. The molecule has 1 aromatic heterocycles. The number of amides is 4. The Balaban J connectivity index is 1.78.